The average Bonchev–Trinajstić information content (AvgIpc) is 2.76. The number of aryl methyl sites for hydroxylation is 2. The van der Waals surface area contributed by atoms with Crippen molar-refractivity contribution >= 4 is 26.6 Å². The first-order chi connectivity index (χ1) is 16.3. The molecule has 0 saturated heterocycles. The van der Waals surface area contributed by atoms with Crippen molar-refractivity contribution in [1.29, 1.82) is 0 Å². The van der Waals surface area contributed by atoms with Crippen LogP contribution in [0.2, 0.25) is 0 Å². The molecule has 0 bridgehead atoms. The number of alkyl halides is 2. The van der Waals surface area contributed by atoms with Gasteiger partial charge in [0.05, 0.1) is 16.1 Å². The van der Waals surface area contributed by atoms with Crippen LogP contribution < -0.4 is 4.72 Å². The summed E-state index contributed by atoms with van der Waals surface area (Å²) in [6, 6.07) is 13.6. The highest BCUT2D eigenvalue weighted by Gasteiger charge is 2.28. The van der Waals surface area contributed by atoms with E-state index < -0.39 is 27.6 Å². The van der Waals surface area contributed by atoms with Crippen molar-refractivity contribution < 1.29 is 26.0 Å². The standard InChI is InChI=1S/C26H22F4N2O2S/c1-15-7-9-19(27)14-24(15)35(33,34)32-23-10-8-17(13-22(23)28)12-18-11-16(2)31-25-20(18)5-4-6-21(25)26(3,29)30/h4-11,13-14,32H,12H2,1-3H3. The molecule has 0 fully saturated rings. The molecule has 0 unspecified atom stereocenters. The molecule has 0 spiro atoms. The summed E-state index contributed by atoms with van der Waals surface area (Å²) < 4.78 is 84.2. The van der Waals surface area contributed by atoms with E-state index in [-0.39, 0.29) is 28.1 Å². The molecule has 0 aliphatic rings. The molecule has 3 aromatic carbocycles. The number of anilines is 1. The smallest absolute Gasteiger partial charge is 0.272 e. The first-order valence-electron chi connectivity index (χ1n) is 10.7. The van der Waals surface area contributed by atoms with Gasteiger partial charge in [-0.25, -0.2) is 26.0 Å². The molecular weight excluding hydrogens is 480 g/mol. The van der Waals surface area contributed by atoms with Crippen LogP contribution in [0.3, 0.4) is 0 Å². The van der Waals surface area contributed by atoms with Crippen LogP contribution in [0, 0.1) is 25.5 Å². The molecule has 182 valence electrons. The number of sulfonamides is 1. The van der Waals surface area contributed by atoms with Crippen LogP contribution in [0.4, 0.5) is 23.2 Å². The number of fused-ring (bicyclic) bond motifs is 1. The third kappa shape index (κ3) is 5.14. The second kappa shape index (κ2) is 8.96. The minimum absolute atomic E-state index is 0.185. The van der Waals surface area contributed by atoms with E-state index >= 15 is 0 Å². The van der Waals surface area contributed by atoms with E-state index in [1.54, 1.807) is 25.1 Å². The molecule has 0 amide bonds. The van der Waals surface area contributed by atoms with Gasteiger partial charge in [-0.2, -0.15) is 0 Å². The Hall–Kier alpha value is -3.46. The molecular formula is C26H22F4N2O2S. The number of nitrogens with zero attached hydrogens (tertiary/aromatic N) is 1. The second-order valence-electron chi connectivity index (χ2n) is 8.52. The summed E-state index contributed by atoms with van der Waals surface area (Å²) in [6.45, 7) is 4.01. The number of hydrogen-bond donors (Lipinski definition) is 1. The maximum Gasteiger partial charge on any atom is 0.272 e. The van der Waals surface area contributed by atoms with Gasteiger partial charge >= 0.3 is 0 Å². The predicted octanol–water partition coefficient (Wildman–Crippen LogP) is 6.63. The van der Waals surface area contributed by atoms with Crippen LogP contribution in [0.15, 0.2) is 65.6 Å². The van der Waals surface area contributed by atoms with Gasteiger partial charge in [-0.3, -0.25) is 9.71 Å². The fourth-order valence-electron chi connectivity index (χ4n) is 4.00. The number of hydrogen-bond acceptors (Lipinski definition) is 3. The number of benzene rings is 3. The van der Waals surface area contributed by atoms with E-state index in [4.69, 9.17) is 0 Å². The van der Waals surface area contributed by atoms with Crippen LogP contribution in [0.1, 0.15) is 34.9 Å². The summed E-state index contributed by atoms with van der Waals surface area (Å²) in [5, 5.41) is 0.529. The van der Waals surface area contributed by atoms with Crippen molar-refractivity contribution in [1.82, 2.24) is 4.98 Å². The van der Waals surface area contributed by atoms with Crippen molar-refractivity contribution in [3.05, 3.63) is 100 Å². The minimum atomic E-state index is -4.22. The van der Waals surface area contributed by atoms with E-state index in [2.05, 4.69) is 9.71 Å². The third-order valence-electron chi connectivity index (χ3n) is 5.64. The topological polar surface area (TPSA) is 59.1 Å². The molecule has 35 heavy (non-hydrogen) atoms. The number of aromatic nitrogens is 1. The molecule has 4 nitrogen and oxygen atoms in total. The summed E-state index contributed by atoms with van der Waals surface area (Å²) >= 11 is 0. The van der Waals surface area contributed by atoms with E-state index in [0.717, 1.165) is 19.1 Å². The Morgan fingerprint density at radius 1 is 0.971 bits per heavy atom. The minimum Gasteiger partial charge on any atom is -0.277 e. The van der Waals surface area contributed by atoms with Crippen LogP contribution in [0.25, 0.3) is 10.9 Å². The Morgan fingerprint density at radius 2 is 1.71 bits per heavy atom. The Bertz CT molecular complexity index is 1550. The predicted molar refractivity (Wildman–Crippen MR) is 127 cm³/mol. The second-order valence-corrected chi connectivity index (χ2v) is 10.2. The van der Waals surface area contributed by atoms with Crippen LogP contribution in [-0.4, -0.2) is 13.4 Å². The molecule has 0 atom stereocenters. The maximum atomic E-state index is 14.9. The van der Waals surface area contributed by atoms with Gasteiger partial charge in [0.25, 0.3) is 15.9 Å². The molecule has 4 rings (SSSR count). The highest BCUT2D eigenvalue weighted by molar-refractivity contribution is 7.92. The van der Waals surface area contributed by atoms with Crippen LogP contribution in [-0.2, 0) is 22.4 Å². The van der Waals surface area contributed by atoms with Crippen molar-refractivity contribution in [3.8, 4) is 0 Å². The van der Waals surface area contributed by atoms with Crippen molar-refractivity contribution in [3.63, 3.8) is 0 Å². The lowest BCUT2D eigenvalue weighted by atomic mass is 9.96. The normalized spacial score (nSPS) is 12.2. The average molecular weight is 503 g/mol. The summed E-state index contributed by atoms with van der Waals surface area (Å²) in [5.74, 6) is -4.63. The Balaban J connectivity index is 1.67. The summed E-state index contributed by atoms with van der Waals surface area (Å²) in [5.41, 5.74) is 1.75. The zero-order valence-corrected chi connectivity index (χ0v) is 20.0. The van der Waals surface area contributed by atoms with E-state index in [1.165, 1.54) is 37.3 Å². The summed E-state index contributed by atoms with van der Waals surface area (Å²) in [4.78, 5) is 4.01. The van der Waals surface area contributed by atoms with E-state index in [1.807, 2.05) is 0 Å². The van der Waals surface area contributed by atoms with Crippen molar-refractivity contribution in [2.75, 3.05) is 4.72 Å². The monoisotopic (exact) mass is 502 g/mol. The van der Waals surface area contributed by atoms with Gasteiger partial charge in [0.2, 0.25) is 0 Å². The Kier molecular flexibility index (Phi) is 6.31. The molecule has 0 aliphatic heterocycles. The van der Waals surface area contributed by atoms with Gasteiger partial charge in [0, 0.05) is 23.6 Å². The first-order valence-corrected chi connectivity index (χ1v) is 12.2. The molecule has 4 aromatic rings. The largest absolute Gasteiger partial charge is 0.277 e. The first kappa shape index (κ1) is 24.7. The lowest BCUT2D eigenvalue weighted by molar-refractivity contribution is 0.0189. The molecule has 9 heteroatoms. The molecule has 0 aliphatic carbocycles. The fourth-order valence-corrected chi connectivity index (χ4v) is 5.32. The van der Waals surface area contributed by atoms with E-state index in [9.17, 15) is 26.0 Å². The Labute approximate surface area is 200 Å². The Morgan fingerprint density at radius 3 is 2.40 bits per heavy atom. The zero-order valence-electron chi connectivity index (χ0n) is 19.2. The van der Waals surface area contributed by atoms with Crippen LogP contribution >= 0.6 is 0 Å². The number of halogens is 4. The number of para-hydroxylation sites is 1. The molecule has 0 radical (unpaired) electrons. The lowest BCUT2D eigenvalue weighted by Crippen LogP contribution is -2.15. The van der Waals surface area contributed by atoms with Gasteiger partial charge in [0.15, 0.2) is 0 Å². The fraction of sp³-hybridized carbons (Fsp3) is 0.192. The van der Waals surface area contributed by atoms with E-state index in [0.29, 0.717) is 27.8 Å². The van der Waals surface area contributed by atoms with Gasteiger partial charge in [-0.05, 0) is 67.3 Å². The quantitative estimate of drug-likeness (QED) is 0.301. The molecule has 1 aromatic heterocycles. The zero-order chi connectivity index (χ0) is 25.5. The number of pyridine rings is 1. The summed E-state index contributed by atoms with van der Waals surface area (Å²) in [7, 11) is -4.22. The molecule has 1 heterocycles. The van der Waals surface area contributed by atoms with Gasteiger partial charge in [-0.1, -0.05) is 30.3 Å². The van der Waals surface area contributed by atoms with Gasteiger partial charge < -0.3 is 0 Å². The highest BCUT2D eigenvalue weighted by atomic mass is 32.2. The third-order valence-corrected chi connectivity index (χ3v) is 7.15. The maximum absolute atomic E-state index is 14.9. The number of nitrogens with one attached hydrogen (secondary N) is 1. The number of rotatable bonds is 6. The molecule has 0 saturated carbocycles. The van der Waals surface area contributed by atoms with Gasteiger partial charge in [-0.15, -0.1) is 0 Å². The van der Waals surface area contributed by atoms with Crippen LogP contribution in [0.5, 0.6) is 0 Å². The summed E-state index contributed by atoms with van der Waals surface area (Å²) in [6.07, 6.45) is 0.214. The highest BCUT2D eigenvalue weighted by Crippen LogP contribution is 2.34. The van der Waals surface area contributed by atoms with Crippen molar-refractivity contribution in [2.24, 2.45) is 0 Å². The molecule has 1 N–H and O–H groups in total. The van der Waals surface area contributed by atoms with Crippen molar-refractivity contribution in [2.45, 2.75) is 38.0 Å². The lowest BCUT2D eigenvalue weighted by Gasteiger charge is -2.16. The van der Waals surface area contributed by atoms with Gasteiger partial charge in [0.1, 0.15) is 11.6 Å². The SMILES string of the molecule is Cc1cc(Cc2ccc(NS(=O)(=O)c3cc(F)ccc3C)c(F)c2)c2cccc(C(C)(F)F)c2n1.